The fourth-order valence-corrected chi connectivity index (χ4v) is 0.974. The summed E-state index contributed by atoms with van der Waals surface area (Å²) in [5, 5.41) is 0. The number of nitrogen functional groups attached to an aromatic ring is 1. The van der Waals surface area contributed by atoms with Gasteiger partial charge in [-0.1, -0.05) is 0 Å². The molecule has 2 aromatic heterocycles. The maximum absolute atomic E-state index is 10.9. The molecule has 2 rings (SSSR count). The molecule has 0 radical (unpaired) electrons. The minimum Gasteiger partial charge on any atom is -0.385 e. The van der Waals surface area contributed by atoms with E-state index < -0.39 is 0 Å². The van der Waals surface area contributed by atoms with E-state index in [2.05, 4.69) is 9.97 Å². The molecular weight excluding hydrogens is 156 g/mol. The molecule has 0 aromatic carbocycles. The Hall–Kier alpha value is -1.91. The van der Waals surface area contributed by atoms with E-state index >= 15 is 0 Å². The predicted molar refractivity (Wildman–Crippen MR) is 43.7 cm³/mol. The third-order valence-corrected chi connectivity index (χ3v) is 1.49. The van der Waals surface area contributed by atoms with Crippen molar-refractivity contribution in [2.75, 3.05) is 5.73 Å². The van der Waals surface area contributed by atoms with Crippen molar-refractivity contribution in [2.45, 2.75) is 0 Å². The van der Waals surface area contributed by atoms with Gasteiger partial charge < -0.3 is 5.73 Å². The van der Waals surface area contributed by atoms with Gasteiger partial charge in [0.05, 0.1) is 0 Å². The molecule has 2 heterocycles. The molecule has 0 atom stereocenters. The van der Waals surface area contributed by atoms with Crippen LogP contribution in [0.3, 0.4) is 0 Å². The smallest absolute Gasteiger partial charge is 0.276 e. The molecule has 0 aliphatic rings. The molecule has 0 aliphatic carbocycles. The third kappa shape index (κ3) is 0.914. The monoisotopic (exact) mass is 162 g/mol. The Kier molecular flexibility index (Phi) is 1.30. The Balaban J connectivity index is 2.99. The van der Waals surface area contributed by atoms with Crippen molar-refractivity contribution in [1.29, 1.82) is 0 Å². The van der Waals surface area contributed by atoms with Gasteiger partial charge in [-0.25, -0.2) is 4.98 Å². The second-order valence-corrected chi connectivity index (χ2v) is 2.31. The van der Waals surface area contributed by atoms with Crippen molar-refractivity contribution in [1.82, 2.24) is 14.4 Å². The standard InChI is InChI=1S/C7H6N4O/c8-5-4-6(12)10-7-9-2-1-3-11(5)7/h1-4H,8H2. The summed E-state index contributed by atoms with van der Waals surface area (Å²) in [6.07, 6.45) is 3.26. The summed E-state index contributed by atoms with van der Waals surface area (Å²) >= 11 is 0. The van der Waals surface area contributed by atoms with E-state index in [0.29, 0.717) is 11.6 Å². The fourth-order valence-electron chi connectivity index (χ4n) is 0.974. The van der Waals surface area contributed by atoms with Crippen molar-refractivity contribution in [2.24, 2.45) is 0 Å². The molecule has 5 heteroatoms. The fraction of sp³-hybridized carbons (Fsp3) is 0. The number of hydrogen-bond acceptors (Lipinski definition) is 4. The van der Waals surface area contributed by atoms with Gasteiger partial charge >= 0.3 is 0 Å². The van der Waals surface area contributed by atoms with Gasteiger partial charge in [-0.05, 0) is 6.07 Å². The number of anilines is 1. The van der Waals surface area contributed by atoms with Gasteiger partial charge in [-0.3, -0.25) is 9.20 Å². The van der Waals surface area contributed by atoms with E-state index in [1.54, 1.807) is 22.9 Å². The van der Waals surface area contributed by atoms with E-state index in [9.17, 15) is 4.79 Å². The lowest BCUT2D eigenvalue weighted by molar-refractivity contribution is 1.03. The van der Waals surface area contributed by atoms with Crippen molar-refractivity contribution in [3.8, 4) is 0 Å². The first kappa shape index (κ1) is 6.78. The summed E-state index contributed by atoms with van der Waals surface area (Å²) in [6.45, 7) is 0. The third-order valence-electron chi connectivity index (χ3n) is 1.49. The highest BCUT2D eigenvalue weighted by Crippen LogP contribution is 1.98. The van der Waals surface area contributed by atoms with Crippen molar-refractivity contribution in [3.05, 3.63) is 34.9 Å². The average molecular weight is 162 g/mol. The largest absolute Gasteiger partial charge is 0.385 e. The van der Waals surface area contributed by atoms with E-state index in [0.717, 1.165) is 0 Å². The molecule has 0 saturated heterocycles. The molecule has 0 saturated carbocycles. The summed E-state index contributed by atoms with van der Waals surface area (Å²) in [6, 6.07) is 2.98. The lowest BCUT2D eigenvalue weighted by Gasteiger charge is -2.00. The second-order valence-electron chi connectivity index (χ2n) is 2.31. The molecular formula is C7H6N4O. The molecule has 0 fully saturated rings. The van der Waals surface area contributed by atoms with Crippen LogP contribution in [0.25, 0.3) is 5.78 Å². The van der Waals surface area contributed by atoms with Gasteiger partial charge in [-0.2, -0.15) is 4.98 Å². The lowest BCUT2D eigenvalue weighted by atomic mass is 10.5. The van der Waals surface area contributed by atoms with Crippen LogP contribution in [-0.4, -0.2) is 14.4 Å². The Morgan fingerprint density at radius 1 is 1.50 bits per heavy atom. The average Bonchev–Trinajstić information content (AvgIpc) is 2.04. The molecule has 0 unspecified atom stereocenters. The Labute approximate surface area is 67.5 Å². The zero-order valence-electron chi connectivity index (χ0n) is 6.14. The van der Waals surface area contributed by atoms with Crippen LogP contribution in [0.5, 0.6) is 0 Å². The Morgan fingerprint density at radius 2 is 2.33 bits per heavy atom. The SMILES string of the molecule is Nc1cc(=O)nc2ncccn12. The van der Waals surface area contributed by atoms with Crippen LogP contribution in [0.15, 0.2) is 29.3 Å². The summed E-state index contributed by atoms with van der Waals surface area (Å²) < 4.78 is 1.54. The first-order valence-corrected chi connectivity index (χ1v) is 3.37. The minimum atomic E-state index is -0.369. The number of nitrogens with two attached hydrogens (primary N) is 1. The van der Waals surface area contributed by atoms with Crippen molar-refractivity contribution in [3.63, 3.8) is 0 Å². The minimum absolute atomic E-state index is 0.322. The summed E-state index contributed by atoms with van der Waals surface area (Å²) in [5.74, 6) is 0.667. The highest BCUT2D eigenvalue weighted by atomic mass is 16.1. The van der Waals surface area contributed by atoms with E-state index in [-0.39, 0.29) is 5.56 Å². The van der Waals surface area contributed by atoms with Gasteiger partial charge in [0.15, 0.2) is 0 Å². The maximum Gasteiger partial charge on any atom is 0.276 e. The van der Waals surface area contributed by atoms with E-state index in [1.165, 1.54) is 6.07 Å². The number of aromatic nitrogens is 3. The first-order chi connectivity index (χ1) is 5.77. The van der Waals surface area contributed by atoms with Crippen LogP contribution >= 0.6 is 0 Å². The van der Waals surface area contributed by atoms with Gasteiger partial charge in [0.2, 0.25) is 5.78 Å². The predicted octanol–water partition coefficient (Wildman–Crippen LogP) is -0.328. The molecule has 5 nitrogen and oxygen atoms in total. The normalized spacial score (nSPS) is 10.3. The van der Waals surface area contributed by atoms with Crippen LogP contribution in [0, 0.1) is 0 Å². The highest BCUT2D eigenvalue weighted by Gasteiger charge is 1.97. The summed E-state index contributed by atoms with van der Waals surface area (Å²) in [4.78, 5) is 18.4. The molecule has 0 bridgehead atoms. The van der Waals surface area contributed by atoms with Gasteiger partial charge in [0.1, 0.15) is 5.82 Å². The van der Waals surface area contributed by atoms with Crippen molar-refractivity contribution >= 4 is 11.6 Å². The Bertz CT molecular complexity index is 476. The molecule has 12 heavy (non-hydrogen) atoms. The number of fused-ring (bicyclic) bond motifs is 1. The van der Waals surface area contributed by atoms with Crippen molar-refractivity contribution < 1.29 is 0 Å². The molecule has 60 valence electrons. The number of hydrogen-bond donors (Lipinski definition) is 1. The first-order valence-electron chi connectivity index (χ1n) is 3.37. The summed E-state index contributed by atoms with van der Waals surface area (Å²) in [7, 11) is 0. The maximum atomic E-state index is 10.9. The van der Waals surface area contributed by atoms with Crippen LogP contribution in [-0.2, 0) is 0 Å². The number of nitrogens with zero attached hydrogens (tertiary/aromatic N) is 3. The van der Waals surface area contributed by atoms with E-state index in [4.69, 9.17) is 5.73 Å². The van der Waals surface area contributed by atoms with Gasteiger partial charge in [0.25, 0.3) is 5.56 Å². The molecule has 2 aromatic rings. The zero-order valence-corrected chi connectivity index (χ0v) is 6.14. The van der Waals surface area contributed by atoms with Gasteiger partial charge in [-0.15, -0.1) is 0 Å². The van der Waals surface area contributed by atoms with Crippen LogP contribution < -0.4 is 11.3 Å². The quantitative estimate of drug-likeness (QED) is 0.575. The lowest BCUT2D eigenvalue weighted by Crippen LogP contribution is -2.12. The number of rotatable bonds is 0. The van der Waals surface area contributed by atoms with Crippen LogP contribution in [0.1, 0.15) is 0 Å². The summed E-state index contributed by atoms with van der Waals surface area (Å²) in [5.41, 5.74) is 5.17. The second kappa shape index (κ2) is 2.30. The van der Waals surface area contributed by atoms with Crippen LogP contribution in [0.4, 0.5) is 5.82 Å². The molecule has 0 amide bonds. The molecule has 0 aliphatic heterocycles. The topological polar surface area (TPSA) is 73.3 Å². The highest BCUT2D eigenvalue weighted by molar-refractivity contribution is 5.39. The molecule has 2 N–H and O–H groups in total. The van der Waals surface area contributed by atoms with E-state index in [1.807, 2.05) is 0 Å². The van der Waals surface area contributed by atoms with Gasteiger partial charge in [0, 0.05) is 18.5 Å². The zero-order chi connectivity index (χ0) is 8.55. The molecule has 0 spiro atoms. The van der Waals surface area contributed by atoms with Crippen LogP contribution in [0.2, 0.25) is 0 Å². The Morgan fingerprint density at radius 3 is 3.17 bits per heavy atom.